The monoisotopic (exact) mass is 424 g/mol. The van der Waals surface area contributed by atoms with Gasteiger partial charge in [0.25, 0.3) is 5.91 Å². The van der Waals surface area contributed by atoms with Gasteiger partial charge in [0.05, 0.1) is 17.2 Å². The van der Waals surface area contributed by atoms with E-state index < -0.39 is 5.97 Å². The summed E-state index contributed by atoms with van der Waals surface area (Å²) in [5.74, 6) is -1.09. The van der Waals surface area contributed by atoms with Crippen LogP contribution < -0.4 is 5.32 Å². The van der Waals surface area contributed by atoms with Gasteiger partial charge in [0.1, 0.15) is 0 Å². The van der Waals surface area contributed by atoms with Crippen molar-refractivity contribution in [2.45, 2.75) is 13.8 Å². The molecule has 0 bridgehead atoms. The second-order valence-electron chi connectivity index (χ2n) is 7.82. The number of amides is 1. The summed E-state index contributed by atoms with van der Waals surface area (Å²) in [5.41, 5.74) is 4.04. The van der Waals surface area contributed by atoms with Gasteiger partial charge in [-0.25, -0.2) is 4.79 Å². The molecule has 2 N–H and O–H groups in total. The molecule has 32 heavy (non-hydrogen) atoms. The van der Waals surface area contributed by atoms with Crippen LogP contribution in [-0.4, -0.2) is 23.5 Å². The molecule has 0 atom stereocenters. The lowest BCUT2D eigenvalue weighted by molar-refractivity contribution is 0.0697. The molecular formula is C27H24N2O3. The van der Waals surface area contributed by atoms with Gasteiger partial charge in [-0.2, -0.15) is 5.26 Å². The summed E-state index contributed by atoms with van der Waals surface area (Å²) < 4.78 is 0. The van der Waals surface area contributed by atoms with E-state index in [1.54, 1.807) is 24.3 Å². The predicted molar refractivity (Wildman–Crippen MR) is 126 cm³/mol. The van der Waals surface area contributed by atoms with Crippen molar-refractivity contribution < 1.29 is 14.7 Å². The highest BCUT2D eigenvalue weighted by atomic mass is 16.4. The van der Waals surface area contributed by atoms with Crippen LogP contribution in [0.15, 0.2) is 66.7 Å². The van der Waals surface area contributed by atoms with Crippen LogP contribution >= 0.6 is 0 Å². The topological polar surface area (TPSA) is 90.2 Å². The van der Waals surface area contributed by atoms with Gasteiger partial charge < -0.3 is 10.4 Å². The van der Waals surface area contributed by atoms with Crippen LogP contribution in [0, 0.1) is 17.2 Å². The van der Waals surface area contributed by atoms with Crippen molar-refractivity contribution in [2.75, 3.05) is 6.54 Å². The van der Waals surface area contributed by atoms with Crippen molar-refractivity contribution in [2.24, 2.45) is 5.92 Å². The van der Waals surface area contributed by atoms with Crippen molar-refractivity contribution in [1.82, 2.24) is 5.32 Å². The van der Waals surface area contributed by atoms with Gasteiger partial charge in [-0.3, -0.25) is 4.79 Å². The minimum Gasteiger partial charge on any atom is -0.478 e. The van der Waals surface area contributed by atoms with Gasteiger partial charge in [0.2, 0.25) is 0 Å². The highest BCUT2D eigenvalue weighted by Gasteiger charge is 2.17. The van der Waals surface area contributed by atoms with Crippen molar-refractivity contribution in [3.63, 3.8) is 0 Å². The molecule has 0 fully saturated rings. The molecule has 0 heterocycles. The molecule has 0 saturated heterocycles. The third kappa shape index (κ3) is 5.50. The molecule has 0 saturated carbocycles. The van der Waals surface area contributed by atoms with Gasteiger partial charge in [0, 0.05) is 12.1 Å². The summed E-state index contributed by atoms with van der Waals surface area (Å²) in [6, 6.07) is 21.6. The largest absolute Gasteiger partial charge is 0.478 e. The number of nitrogens with one attached hydrogen (secondary N) is 1. The van der Waals surface area contributed by atoms with Crippen molar-refractivity contribution in [3.8, 4) is 17.2 Å². The van der Waals surface area contributed by atoms with Gasteiger partial charge in [-0.15, -0.1) is 0 Å². The number of carbonyl (C=O) groups excluding carboxylic acids is 1. The Morgan fingerprint density at radius 2 is 1.72 bits per heavy atom. The minimum atomic E-state index is -1.09. The Morgan fingerprint density at radius 1 is 1.00 bits per heavy atom. The van der Waals surface area contributed by atoms with Crippen LogP contribution in [0.1, 0.15) is 51.3 Å². The Kier molecular flexibility index (Phi) is 7.20. The smallest absolute Gasteiger partial charge is 0.336 e. The van der Waals surface area contributed by atoms with E-state index in [9.17, 15) is 14.7 Å². The lowest BCUT2D eigenvalue weighted by atomic mass is 9.93. The van der Waals surface area contributed by atoms with E-state index in [2.05, 4.69) is 11.4 Å². The summed E-state index contributed by atoms with van der Waals surface area (Å²) in [6.07, 6.45) is 3.82. The van der Waals surface area contributed by atoms with Gasteiger partial charge in [0.15, 0.2) is 0 Å². The van der Waals surface area contributed by atoms with Gasteiger partial charge in [-0.1, -0.05) is 68.5 Å². The van der Waals surface area contributed by atoms with Crippen LogP contribution in [0.3, 0.4) is 0 Å². The SMILES string of the molecule is CC(C)CNC(=O)c1ccc(-c2ccccc2C=Cc2ccc(C#N)cc2)c(C(=O)O)c1. The Balaban J connectivity index is 1.97. The number of carboxylic acids is 1. The molecule has 5 nitrogen and oxygen atoms in total. The van der Waals surface area contributed by atoms with Crippen molar-refractivity contribution >= 4 is 24.0 Å². The van der Waals surface area contributed by atoms with E-state index in [4.69, 9.17) is 5.26 Å². The summed E-state index contributed by atoms with van der Waals surface area (Å²) in [5, 5.41) is 21.6. The van der Waals surface area contributed by atoms with Gasteiger partial charge >= 0.3 is 5.97 Å². The highest BCUT2D eigenvalue weighted by molar-refractivity contribution is 6.02. The first-order valence-electron chi connectivity index (χ1n) is 10.3. The molecule has 0 aromatic heterocycles. The molecule has 0 spiro atoms. The Labute approximate surface area is 187 Å². The molecule has 0 aliphatic heterocycles. The lowest BCUT2D eigenvalue weighted by Gasteiger charge is -2.13. The maximum atomic E-state index is 12.4. The average molecular weight is 425 g/mol. The first-order chi connectivity index (χ1) is 15.4. The molecule has 3 rings (SSSR count). The molecule has 3 aromatic rings. The number of benzene rings is 3. The normalized spacial score (nSPS) is 10.8. The maximum absolute atomic E-state index is 12.4. The molecule has 0 radical (unpaired) electrons. The Hall–Kier alpha value is -4.17. The highest BCUT2D eigenvalue weighted by Crippen LogP contribution is 2.29. The first-order valence-corrected chi connectivity index (χ1v) is 10.3. The Bertz CT molecular complexity index is 1200. The van der Waals surface area contributed by atoms with Gasteiger partial charge in [-0.05, 0) is 52.4 Å². The number of hydrogen-bond acceptors (Lipinski definition) is 3. The third-order valence-corrected chi connectivity index (χ3v) is 4.93. The van der Waals surface area contributed by atoms with Crippen molar-refractivity contribution in [1.29, 1.82) is 5.26 Å². The van der Waals surface area contributed by atoms with E-state index in [1.165, 1.54) is 6.07 Å². The van der Waals surface area contributed by atoms with E-state index in [0.717, 1.165) is 16.7 Å². The molecule has 0 aliphatic rings. The number of carbonyl (C=O) groups is 2. The predicted octanol–water partition coefficient (Wildman–Crippen LogP) is 5.48. The first kappa shape index (κ1) is 22.5. The van der Waals surface area contributed by atoms with Crippen LogP contribution in [0.5, 0.6) is 0 Å². The lowest BCUT2D eigenvalue weighted by Crippen LogP contribution is -2.27. The quantitative estimate of drug-likeness (QED) is 0.492. The molecule has 3 aromatic carbocycles. The standard InChI is InChI=1S/C27H24N2O3/c1-18(2)17-29-26(30)22-13-14-24(25(15-22)27(31)32)23-6-4-3-5-21(23)12-11-19-7-9-20(16-28)10-8-19/h3-15,18H,17H2,1-2H3,(H,29,30)(H,31,32). The number of carboxylic acid groups (broad SMARTS) is 1. The summed E-state index contributed by atoms with van der Waals surface area (Å²) >= 11 is 0. The van der Waals surface area contributed by atoms with Crippen molar-refractivity contribution in [3.05, 3.63) is 94.5 Å². The zero-order chi connectivity index (χ0) is 23.1. The number of hydrogen-bond donors (Lipinski definition) is 2. The molecule has 5 heteroatoms. The zero-order valence-corrected chi connectivity index (χ0v) is 18.0. The fraction of sp³-hybridized carbons (Fsp3) is 0.148. The third-order valence-electron chi connectivity index (χ3n) is 4.93. The van der Waals surface area contributed by atoms with E-state index in [-0.39, 0.29) is 11.5 Å². The number of aromatic carboxylic acids is 1. The van der Waals surface area contributed by atoms with Crippen LogP contribution in [0.4, 0.5) is 0 Å². The van der Waals surface area contributed by atoms with Crippen LogP contribution in [-0.2, 0) is 0 Å². The second-order valence-corrected chi connectivity index (χ2v) is 7.82. The molecule has 0 aliphatic carbocycles. The van der Waals surface area contributed by atoms with E-state index in [1.807, 2.05) is 62.4 Å². The number of nitriles is 1. The fourth-order valence-corrected chi connectivity index (χ4v) is 3.24. The zero-order valence-electron chi connectivity index (χ0n) is 18.0. The second kappa shape index (κ2) is 10.2. The molecule has 1 amide bonds. The average Bonchev–Trinajstić information content (AvgIpc) is 2.81. The van der Waals surface area contributed by atoms with E-state index >= 15 is 0 Å². The molecular weight excluding hydrogens is 400 g/mol. The summed E-state index contributed by atoms with van der Waals surface area (Å²) in [6.45, 7) is 4.51. The molecule has 160 valence electrons. The Morgan fingerprint density at radius 3 is 2.38 bits per heavy atom. The minimum absolute atomic E-state index is 0.0708. The van der Waals surface area contributed by atoms with E-state index in [0.29, 0.717) is 29.2 Å². The maximum Gasteiger partial charge on any atom is 0.336 e. The summed E-state index contributed by atoms with van der Waals surface area (Å²) in [7, 11) is 0. The fourth-order valence-electron chi connectivity index (χ4n) is 3.24. The number of nitrogens with zero attached hydrogens (tertiary/aromatic N) is 1. The van der Waals surface area contributed by atoms with Crippen LogP contribution in [0.25, 0.3) is 23.3 Å². The number of rotatable bonds is 7. The van der Waals surface area contributed by atoms with Crippen LogP contribution in [0.2, 0.25) is 0 Å². The molecule has 0 unspecified atom stereocenters. The summed E-state index contributed by atoms with van der Waals surface area (Å²) in [4.78, 5) is 24.4.